The Morgan fingerprint density at radius 3 is 2.36 bits per heavy atom. The van der Waals surface area contributed by atoms with Crippen molar-refractivity contribution in [1.82, 2.24) is 4.90 Å². The van der Waals surface area contributed by atoms with E-state index in [4.69, 9.17) is 4.74 Å². The molecule has 0 saturated carbocycles. The lowest BCUT2D eigenvalue weighted by Gasteiger charge is -2.32. The fraction of sp³-hybridized carbons (Fsp3) is 1.00. The van der Waals surface area contributed by atoms with Crippen LogP contribution in [0.3, 0.4) is 0 Å². The highest BCUT2D eigenvalue weighted by Gasteiger charge is 2.15. The fourth-order valence-electron chi connectivity index (χ4n) is 1.68. The summed E-state index contributed by atoms with van der Waals surface area (Å²) < 4.78 is 5.11. The first-order chi connectivity index (χ1) is 6.63. The summed E-state index contributed by atoms with van der Waals surface area (Å²) in [6, 6.07) is 1.25. The van der Waals surface area contributed by atoms with E-state index in [0.717, 1.165) is 18.4 Å². The van der Waals surface area contributed by atoms with Crippen LogP contribution < -0.4 is 0 Å². The highest BCUT2D eigenvalue weighted by molar-refractivity contribution is 9.09. The van der Waals surface area contributed by atoms with Gasteiger partial charge in [0, 0.05) is 31.1 Å². The van der Waals surface area contributed by atoms with Crippen molar-refractivity contribution in [2.75, 3.05) is 25.6 Å². The first kappa shape index (κ1) is 14.4. The Kier molecular flexibility index (Phi) is 8.94. The lowest BCUT2D eigenvalue weighted by Crippen LogP contribution is -2.40. The number of hydrogen-bond acceptors (Lipinski definition) is 2. The SMILES string of the molecule is COCCC(C)N(CCCBr)C(C)C. The molecule has 0 aromatic carbocycles. The third-order valence-electron chi connectivity index (χ3n) is 2.52. The van der Waals surface area contributed by atoms with E-state index < -0.39 is 0 Å². The summed E-state index contributed by atoms with van der Waals surface area (Å²) in [5.41, 5.74) is 0. The summed E-state index contributed by atoms with van der Waals surface area (Å²) in [6.07, 6.45) is 2.34. The number of alkyl halides is 1. The number of rotatable bonds is 8. The zero-order valence-corrected chi connectivity index (χ0v) is 11.5. The van der Waals surface area contributed by atoms with Crippen LogP contribution in [0.4, 0.5) is 0 Å². The van der Waals surface area contributed by atoms with Crippen molar-refractivity contribution < 1.29 is 4.74 Å². The summed E-state index contributed by atoms with van der Waals surface area (Å²) in [4.78, 5) is 2.54. The Morgan fingerprint density at radius 2 is 1.93 bits per heavy atom. The number of ether oxygens (including phenoxy) is 1. The average molecular weight is 266 g/mol. The third-order valence-corrected chi connectivity index (χ3v) is 3.08. The molecule has 0 fully saturated rings. The van der Waals surface area contributed by atoms with Crippen molar-refractivity contribution >= 4 is 15.9 Å². The molecule has 0 amide bonds. The van der Waals surface area contributed by atoms with Gasteiger partial charge >= 0.3 is 0 Å². The molecule has 0 aromatic heterocycles. The molecule has 0 aliphatic carbocycles. The van der Waals surface area contributed by atoms with Gasteiger partial charge in [-0.3, -0.25) is 4.90 Å². The van der Waals surface area contributed by atoms with Crippen LogP contribution in [0.2, 0.25) is 0 Å². The van der Waals surface area contributed by atoms with Crippen molar-refractivity contribution in [2.45, 2.75) is 45.7 Å². The van der Waals surface area contributed by atoms with Crippen LogP contribution in [0.25, 0.3) is 0 Å². The molecule has 0 N–H and O–H groups in total. The highest BCUT2D eigenvalue weighted by atomic mass is 79.9. The third kappa shape index (κ3) is 5.99. The summed E-state index contributed by atoms with van der Waals surface area (Å²) in [5.74, 6) is 0. The Balaban J connectivity index is 3.91. The number of nitrogens with zero attached hydrogens (tertiary/aromatic N) is 1. The minimum Gasteiger partial charge on any atom is -0.385 e. The van der Waals surface area contributed by atoms with Crippen LogP contribution in [0.5, 0.6) is 0 Å². The molecular formula is C11H24BrNO. The molecule has 86 valence electrons. The molecule has 0 spiro atoms. The lowest BCUT2D eigenvalue weighted by atomic mass is 10.1. The molecule has 2 nitrogen and oxygen atoms in total. The molecule has 0 radical (unpaired) electrons. The van der Waals surface area contributed by atoms with Crippen molar-refractivity contribution in [2.24, 2.45) is 0 Å². The van der Waals surface area contributed by atoms with Crippen LogP contribution in [-0.4, -0.2) is 42.6 Å². The molecule has 0 heterocycles. The van der Waals surface area contributed by atoms with E-state index in [-0.39, 0.29) is 0 Å². The molecule has 0 aromatic rings. The van der Waals surface area contributed by atoms with Crippen molar-refractivity contribution in [3.63, 3.8) is 0 Å². The van der Waals surface area contributed by atoms with E-state index >= 15 is 0 Å². The largest absolute Gasteiger partial charge is 0.385 e. The molecule has 1 atom stereocenters. The maximum Gasteiger partial charge on any atom is 0.0477 e. The Labute approximate surface area is 97.1 Å². The predicted molar refractivity (Wildman–Crippen MR) is 66.2 cm³/mol. The van der Waals surface area contributed by atoms with Crippen molar-refractivity contribution in [3.05, 3.63) is 0 Å². The molecule has 0 bridgehead atoms. The molecular weight excluding hydrogens is 242 g/mol. The molecule has 0 aliphatic rings. The van der Waals surface area contributed by atoms with Crippen LogP contribution in [0.1, 0.15) is 33.6 Å². The van der Waals surface area contributed by atoms with E-state index in [0.29, 0.717) is 12.1 Å². The predicted octanol–water partition coefficient (Wildman–Crippen LogP) is 2.91. The van der Waals surface area contributed by atoms with Gasteiger partial charge in [-0.1, -0.05) is 15.9 Å². The second-order valence-corrected chi connectivity index (χ2v) is 4.80. The summed E-state index contributed by atoms with van der Waals surface area (Å²) >= 11 is 3.48. The van der Waals surface area contributed by atoms with E-state index in [1.54, 1.807) is 7.11 Å². The molecule has 0 saturated heterocycles. The summed E-state index contributed by atoms with van der Waals surface area (Å²) in [6.45, 7) is 8.84. The average Bonchev–Trinajstić information content (AvgIpc) is 2.14. The first-order valence-electron chi connectivity index (χ1n) is 5.44. The monoisotopic (exact) mass is 265 g/mol. The zero-order chi connectivity index (χ0) is 11.0. The lowest BCUT2D eigenvalue weighted by molar-refractivity contribution is 0.117. The van der Waals surface area contributed by atoms with Gasteiger partial charge in [-0.2, -0.15) is 0 Å². The first-order valence-corrected chi connectivity index (χ1v) is 6.56. The van der Waals surface area contributed by atoms with E-state index in [9.17, 15) is 0 Å². The number of halogens is 1. The Bertz CT molecular complexity index is 130. The summed E-state index contributed by atoms with van der Waals surface area (Å²) in [5, 5.41) is 1.09. The summed E-state index contributed by atoms with van der Waals surface area (Å²) in [7, 11) is 1.77. The molecule has 0 rings (SSSR count). The maximum atomic E-state index is 5.11. The van der Waals surface area contributed by atoms with E-state index in [1.807, 2.05) is 0 Å². The minimum absolute atomic E-state index is 0.619. The van der Waals surface area contributed by atoms with Gasteiger partial charge in [-0.15, -0.1) is 0 Å². The van der Waals surface area contributed by atoms with Crippen LogP contribution >= 0.6 is 15.9 Å². The van der Waals surface area contributed by atoms with Gasteiger partial charge in [0.05, 0.1) is 0 Å². The molecule has 14 heavy (non-hydrogen) atoms. The van der Waals surface area contributed by atoms with Crippen molar-refractivity contribution in [1.29, 1.82) is 0 Å². The Morgan fingerprint density at radius 1 is 1.29 bits per heavy atom. The van der Waals surface area contributed by atoms with Crippen molar-refractivity contribution in [3.8, 4) is 0 Å². The van der Waals surface area contributed by atoms with Gasteiger partial charge in [0.15, 0.2) is 0 Å². The molecule has 3 heteroatoms. The smallest absolute Gasteiger partial charge is 0.0477 e. The molecule has 1 unspecified atom stereocenters. The van der Waals surface area contributed by atoms with Gasteiger partial charge in [-0.05, 0) is 40.2 Å². The highest BCUT2D eigenvalue weighted by Crippen LogP contribution is 2.10. The second-order valence-electron chi connectivity index (χ2n) is 4.00. The van der Waals surface area contributed by atoms with Crippen LogP contribution in [0, 0.1) is 0 Å². The van der Waals surface area contributed by atoms with Gasteiger partial charge < -0.3 is 4.74 Å². The Hall–Kier alpha value is 0.400. The minimum atomic E-state index is 0.619. The number of hydrogen-bond donors (Lipinski definition) is 0. The number of methoxy groups -OCH3 is 1. The van der Waals surface area contributed by atoms with Gasteiger partial charge in [-0.25, -0.2) is 0 Å². The van der Waals surface area contributed by atoms with Gasteiger partial charge in [0.1, 0.15) is 0 Å². The molecule has 0 aliphatic heterocycles. The van der Waals surface area contributed by atoms with E-state index in [1.165, 1.54) is 13.0 Å². The standard InChI is InChI=1S/C11H24BrNO/c1-10(2)13(8-5-7-12)11(3)6-9-14-4/h10-11H,5-9H2,1-4H3. The van der Waals surface area contributed by atoms with E-state index in [2.05, 4.69) is 41.6 Å². The maximum absolute atomic E-state index is 5.11. The zero-order valence-electron chi connectivity index (χ0n) is 9.92. The van der Waals surface area contributed by atoms with Gasteiger partial charge in [0.2, 0.25) is 0 Å². The second kappa shape index (κ2) is 8.69. The van der Waals surface area contributed by atoms with Crippen LogP contribution in [0.15, 0.2) is 0 Å². The fourth-order valence-corrected chi connectivity index (χ4v) is 1.93. The normalized spacial score (nSPS) is 13.9. The topological polar surface area (TPSA) is 12.5 Å². The van der Waals surface area contributed by atoms with Crippen LogP contribution in [-0.2, 0) is 4.74 Å². The quantitative estimate of drug-likeness (QED) is 0.626. The van der Waals surface area contributed by atoms with Gasteiger partial charge in [0.25, 0.3) is 0 Å².